The number of pyridine rings is 1. The number of aromatic nitrogens is 1. The Bertz CT molecular complexity index is 409. The second-order valence-corrected chi connectivity index (χ2v) is 4.86. The number of rotatable bonds is 6. The first-order chi connectivity index (χ1) is 8.52. The van der Waals surface area contributed by atoms with Crippen molar-refractivity contribution in [3.8, 4) is 5.75 Å². The predicted molar refractivity (Wildman–Crippen MR) is 75.9 cm³/mol. The molecule has 1 unspecified atom stereocenters. The second kappa shape index (κ2) is 7.17. The molecule has 0 amide bonds. The molecule has 18 heavy (non-hydrogen) atoms. The Kier molecular flexibility index (Phi) is 5.86. The van der Waals surface area contributed by atoms with Crippen LogP contribution in [0.4, 0.5) is 0 Å². The molecule has 1 heterocycles. The standard InChI is InChI=1S/C15H24N2O/c1-5-13(16)10-14-15(7-6-12(4)17-14)18-9-8-11(2)3/h6-8,13H,5,9-10,16H2,1-4H3. The van der Waals surface area contributed by atoms with E-state index in [0.29, 0.717) is 6.61 Å². The molecule has 1 aromatic rings. The number of allylic oxidation sites excluding steroid dienone is 1. The summed E-state index contributed by atoms with van der Waals surface area (Å²) in [4.78, 5) is 4.53. The minimum Gasteiger partial charge on any atom is -0.488 e. The van der Waals surface area contributed by atoms with Crippen LogP contribution in [0.1, 0.15) is 38.6 Å². The van der Waals surface area contributed by atoms with E-state index in [-0.39, 0.29) is 6.04 Å². The fourth-order valence-electron chi connectivity index (χ4n) is 1.57. The Morgan fingerprint density at radius 3 is 2.78 bits per heavy atom. The van der Waals surface area contributed by atoms with Gasteiger partial charge in [-0.05, 0) is 45.4 Å². The van der Waals surface area contributed by atoms with Crippen molar-refractivity contribution in [1.29, 1.82) is 0 Å². The van der Waals surface area contributed by atoms with Gasteiger partial charge in [0.25, 0.3) is 0 Å². The van der Waals surface area contributed by atoms with Crippen LogP contribution in [0.5, 0.6) is 5.75 Å². The van der Waals surface area contributed by atoms with Gasteiger partial charge in [0.2, 0.25) is 0 Å². The van der Waals surface area contributed by atoms with Gasteiger partial charge in [-0.3, -0.25) is 4.98 Å². The SMILES string of the molecule is CCC(N)Cc1nc(C)ccc1OCC=C(C)C. The average Bonchev–Trinajstić information content (AvgIpc) is 2.31. The summed E-state index contributed by atoms with van der Waals surface area (Å²) in [6.07, 6.45) is 3.77. The molecular weight excluding hydrogens is 224 g/mol. The molecule has 3 nitrogen and oxygen atoms in total. The van der Waals surface area contributed by atoms with Crippen LogP contribution >= 0.6 is 0 Å². The third-order valence-corrected chi connectivity index (χ3v) is 2.78. The van der Waals surface area contributed by atoms with Crippen molar-refractivity contribution < 1.29 is 4.74 Å². The fraction of sp³-hybridized carbons (Fsp3) is 0.533. The summed E-state index contributed by atoms with van der Waals surface area (Å²) in [5, 5.41) is 0. The van der Waals surface area contributed by atoms with Gasteiger partial charge in [0.05, 0.1) is 5.69 Å². The first kappa shape index (κ1) is 14.7. The van der Waals surface area contributed by atoms with E-state index in [2.05, 4.69) is 31.8 Å². The third-order valence-electron chi connectivity index (χ3n) is 2.78. The molecule has 1 atom stereocenters. The van der Waals surface area contributed by atoms with Gasteiger partial charge in [0, 0.05) is 18.2 Å². The molecule has 0 aliphatic carbocycles. The van der Waals surface area contributed by atoms with E-state index < -0.39 is 0 Å². The molecule has 0 saturated heterocycles. The zero-order valence-electron chi connectivity index (χ0n) is 11.9. The molecule has 1 rings (SSSR count). The Morgan fingerprint density at radius 2 is 2.17 bits per heavy atom. The summed E-state index contributed by atoms with van der Waals surface area (Å²) in [7, 11) is 0. The molecule has 0 aliphatic rings. The van der Waals surface area contributed by atoms with Gasteiger partial charge < -0.3 is 10.5 Å². The average molecular weight is 248 g/mol. The van der Waals surface area contributed by atoms with Crippen molar-refractivity contribution in [2.45, 2.75) is 46.6 Å². The van der Waals surface area contributed by atoms with E-state index in [9.17, 15) is 0 Å². The summed E-state index contributed by atoms with van der Waals surface area (Å²) in [5.74, 6) is 0.849. The van der Waals surface area contributed by atoms with Crippen molar-refractivity contribution in [3.05, 3.63) is 35.2 Å². The van der Waals surface area contributed by atoms with E-state index in [4.69, 9.17) is 10.5 Å². The summed E-state index contributed by atoms with van der Waals surface area (Å²) in [6.45, 7) is 8.78. The lowest BCUT2D eigenvalue weighted by molar-refractivity contribution is 0.354. The summed E-state index contributed by atoms with van der Waals surface area (Å²) >= 11 is 0. The van der Waals surface area contributed by atoms with Crippen LogP contribution in [0.3, 0.4) is 0 Å². The molecule has 0 bridgehead atoms. The molecule has 100 valence electrons. The summed E-state index contributed by atoms with van der Waals surface area (Å²) < 4.78 is 5.75. The van der Waals surface area contributed by atoms with Gasteiger partial charge in [-0.2, -0.15) is 0 Å². The van der Waals surface area contributed by atoms with Crippen LogP contribution in [-0.4, -0.2) is 17.6 Å². The van der Waals surface area contributed by atoms with Gasteiger partial charge in [0.1, 0.15) is 12.4 Å². The summed E-state index contributed by atoms with van der Waals surface area (Å²) in [6, 6.07) is 4.10. The highest BCUT2D eigenvalue weighted by atomic mass is 16.5. The van der Waals surface area contributed by atoms with Crippen LogP contribution in [0.2, 0.25) is 0 Å². The van der Waals surface area contributed by atoms with Gasteiger partial charge in [0.15, 0.2) is 0 Å². The smallest absolute Gasteiger partial charge is 0.141 e. The van der Waals surface area contributed by atoms with Crippen molar-refractivity contribution >= 4 is 0 Å². The molecule has 3 heteroatoms. The maximum Gasteiger partial charge on any atom is 0.141 e. The van der Waals surface area contributed by atoms with Crippen LogP contribution < -0.4 is 10.5 Å². The molecule has 0 spiro atoms. The molecular formula is C15H24N2O. The van der Waals surface area contributed by atoms with Gasteiger partial charge in [-0.15, -0.1) is 0 Å². The van der Waals surface area contributed by atoms with Crippen LogP contribution in [0.25, 0.3) is 0 Å². The molecule has 0 aromatic carbocycles. The Morgan fingerprint density at radius 1 is 1.44 bits per heavy atom. The molecule has 1 aromatic heterocycles. The number of hydrogen-bond acceptors (Lipinski definition) is 3. The summed E-state index contributed by atoms with van der Waals surface area (Å²) in [5.41, 5.74) is 9.21. The lowest BCUT2D eigenvalue weighted by atomic mass is 10.1. The van der Waals surface area contributed by atoms with Crippen LogP contribution in [-0.2, 0) is 6.42 Å². The number of nitrogens with two attached hydrogens (primary N) is 1. The van der Waals surface area contributed by atoms with E-state index in [0.717, 1.165) is 30.0 Å². The quantitative estimate of drug-likeness (QED) is 0.787. The fourth-order valence-corrected chi connectivity index (χ4v) is 1.57. The topological polar surface area (TPSA) is 48.1 Å². The van der Waals surface area contributed by atoms with Gasteiger partial charge in [-0.25, -0.2) is 0 Å². The van der Waals surface area contributed by atoms with Gasteiger partial charge in [-0.1, -0.05) is 12.5 Å². The zero-order chi connectivity index (χ0) is 13.5. The molecule has 0 fully saturated rings. The maximum atomic E-state index is 5.99. The second-order valence-electron chi connectivity index (χ2n) is 4.86. The first-order valence-corrected chi connectivity index (χ1v) is 6.51. The normalized spacial score (nSPS) is 12.1. The van der Waals surface area contributed by atoms with Crippen LogP contribution in [0.15, 0.2) is 23.8 Å². The number of hydrogen-bond donors (Lipinski definition) is 1. The lowest BCUT2D eigenvalue weighted by Crippen LogP contribution is -2.22. The molecule has 0 radical (unpaired) electrons. The van der Waals surface area contributed by atoms with E-state index >= 15 is 0 Å². The van der Waals surface area contributed by atoms with E-state index in [1.807, 2.05) is 19.1 Å². The van der Waals surface area contributed by atoms with Crippen LogP contribution in [0, 0.1) is 6.92 Å². The number of nitrogens with zero attached hydrogens (tertiary/aromatic N) is 1. The van der Waals surface area contributed by atoms with Crippen molar-refractivity contribution in [2.24, 2.45) is 5.73 Å². The number of aryl methyl sites for hydroxylation is 1. The zero-order valence-corrected chi connectivity index (χ0v) is 11.9. The minimum atomic E-state index is 0.144. The largest absolute Gasteiger partial charge is 0.488 e. The van der Waals surface area contributed by atoms with Gasteiger partial charge >= 0.3 is 0 Å². The molecule has 0 saturated carbocycles. The number of ether oxygens (including phenoxy) is 1. The maximum absolute atomic E-state index is 5.99. The van der Waals surface area contributed by atoms with E-state index in [1.165, 1.54) is 5.57 Å². The lowest BCUT2D eigenvalue weighted by Gasteiger charge is -2.13. The Balaban J connectivity index is 2.79. The predicted octanol–water partition coefficient (Wildman–Crippen LogP) is 3.01. The molecule has 2 N–H and O–H groups in total. The molecule has 0 aliphatic heterocycles. The highest BCUT2D eigenvalue weighted by Gasteiger charge is 2.09. The first-order valence-electron chi connectivity index (χ1n) is 6.51. The third kappa shape index (κ3) is 4.88. The Hall–Kier alpha value is -1.35. The van der Waals surface area contributed by atoms with Crippen molar-refractivity contribution in [2.75, 3.05) is 6.61 Å². The minimum absolute atomic E-state index is 0.144. The van der Waals surface area contributed by atoms with Crippen molar-refractivity contribution in [3.63, 3.8) is 0 Å². The highest BCUT2D eigenvalue weighted by molar-refractivity contribution is 5.30. The van der Waals surface area contributed by atoms with E-state index in [1.54, 1.807) is 0 Å². The Labute approximate surface area is 110 Å². The van der Waals surface area contributed by atoms with Crippen molar-refractivity contribution in [1.82, 2.24) is 4.98 Å². The highest BCUT2D eigenvalue weighted by Crippen LogP contribution is 2.19. The monoisotopic (exact) mass is 248 g/mol.